The molecule has 2 aromatic rings. The summed E-state index contributed by atoms with van der Waals surface area (Å²) in [4.78, 5) is 24.6. The maximum atomic E-state index is 13.0. The number of rotatable bonds is 11. The molecular weight excluding hydrogens is 392 g/mol. The third-order valence-electron chi connectivity index (χ3n) is 4.88. The van der Waals surface area contributed by atoms with Crippen molar-refractivity contribution in [1.29, 1.82) is 0 Å². The van der Waals surface area contributed by atoms with Crippen LogP contribution in [0.5, 0.6) is 11.5 Å². The summed E-state index contributed by atoms with van der Waals surface area (Å²) >= 11 is 0. The van der Waals surface area contributed by atoms with Gasteiger partial charge in [0.15, 0.2) is 11.5 Å². The van der Waals surface area contributed by atoms with Crippen molar-refractivity contribution in [3.8, 4) is 11.5 Å². The molecule has 2 rings (SSSR count). The summed E-state index contributed by atoms with van der Waals surface area (Å²) in [5.74, 6) is 1.22. The summed E-state index contributed by atoms with van der Waals surface area (Å²) in [5.41, 5.74) is 1.85. The lowest BCUT2D eigenvalue weighted by Gasteiger charge is -2.26. The minimum Gasteiger partial charge on any atom is -0.490 e. The molecule has 2 aromatic carbocycles. The lowest BCUT2D eigenvalue weighted by Crippen LogP contribution is -2.36. The highest BCUT2D eigenvalue weighted by molar-refractivity contribution is 5.79. The molecule has 0 heterocycles. The molecule has 168 valence electrons. The molecule has 31 heavy (non-hydrogen) atoms. The third kappa shape index (κ3) is 7.31. The van der Waals surface area contributed by atoms with Gasteiger partial charge >= 0.3 is 0 Å². The molecule has 0 bridgehead atoms. The molecule has 6 heteroatoms. The number of amides is 2. The molecule has 2 amide bonds. The minimum atomic E-state index is -0.383. The Morgan fingerprint density at radius 2 is 1.52 bits per heavy atom. The first-order valence-corrected chi connectivity index (χ1v) is 10.9. The van der Waals surface area contributed by atoms with Crippen LogP contribution in [0.4, 0.5) is 0 Å². The number of ether oxygens (including phenoxy) is 2. The van der Waals surface area contributed by atoms with Gasteiger partial charge in [0.05, 0.1) is 31.7 Å². The van der Waals surface area contributed by atoms with Crippen LogP contribution in [-0.4, -0.2) is 25.0 Å². The molecule has 2 atom stereocenters. The topological polar surface area (TPSA) is 76.7 Å². The van der Waals surface area contributed by atoms with Gasteiger partial charge in [-0.05, 0) is 43.0 Å². The van der Waals surface area contributed by atoms with Gasteiger partial charge < -0.3 is 20.1 Å². The highest BCUT2D eigenvalue weighted by Crippen LogP contribution is 2.33. The highest BCUT2D eigenvalue weighted by atomic mass is 16.5. The van der Waals surface area contributed by atoms with Crippen molar-refractivity contribution in [2.45, 2.75) is 53.1 Å². The van der Waals surface area contributed by atoms with E-state index in [0.29, 0.717) is 24.7 Å². The Hall–Kier alpha value is -3.02. The van der Waals surface area contributed by atoms with Crippen molar-refractivity contribution >= 4 is 11.8 Å². The lowest BCUT2D eigenvalue weighted by atomic mass is 9.95. The Labute approximate surface area is 185 Å². The molecule has 0 spiro atoms. The minimum absolute atomic E-state index is 0.131. The summed E-state index contributed by atoms with van der Waals surface area (Å²) in [6.45, 7) is 10.5. The van der Waals surface area contributed by atoms with Crippen molar-refractivity contribution in [3.63, 3.8) is 0 Å². The first-order valence-electron chi connectivity index (χ1n) is 10.9. The third-order valence-corrected chi connectivity index (χ3v) is 4.88. The summed E-state index contributed by atoms with van der Waals surface area (Å²) in [6.07, 6.45) is 0.155. The van der Waals surface area contributed by atoms with E-state index in [1.807, 2.05) is 62.4 Å². The van der Waals surface area contributed by atoms with E-state index < -0.39 is 0 Å². The second-order valence-corrected chi connectivity index (χ2v) is 7.73. The van der Waals surface area contributed by atoms with Gasteiger partial charge in [-0.3, -0.25) is 9.59 Å². The number of benzene rings is 2. The molecule has 2 N–H and O–H groups in total. The average Bonchev–Trinajstić information content (AvgIpc) is 2.73. The fourth-order valence-electron chi connectivity index (χ4n) is 3.50. The Balaban J connectivity index is 2.21. The van der Waals surface area contributed by atoms with Gasteiger partial charge in [0.1, 0.15) is 0 Å². The predicted octanol–water partition coefficient (Wildman–Crippen LogP) is 4.56. The van der Waals surface area contributed by atoms with Gasteiger partial charge in [0, 0.05) is 6.92 Å². The van der Waals surface area contributed by atoms with Crippen molar-refractivity contribution in [1.82, 2.24) is 10.6 Å². The molecule has 0 aromatic heterocycles. The summed E-state index contributed by atoms with van der Waals surface area (Å²) in [5, 5.41) is 6.02. The molecule has 0 fully saturated rings. The van der Waals surface area contributed by atoms with E-state index in [9.17, 15) is 9.59 Å². The van der Waals surface area contributed by atoms with E-state index in [0.717, 1.165) is 11.1 Å². The normalized spacial score (nSPS) is 12.7. The molecule has 0 saturated carbocycles. The van der Waals surface area contributed by atoms with Crippen LogP contribution >= 0.6 is 0 Å². The van der Waals surface area contributed by atoms with Crippen LogP contribution in [0.1, 0.15) is 64.3 Å². The SMILES string of the molecule is CCOc1ccc(C(NC(=O)CC(NC(C)=O)c2ccccc2)C(C)C)cc1OCC. The number of hydrogen-bond donors (Lipinski definition) is 2. The molecule has 6 nitrogen and oxygen atoms in total. The Kier molecular flexibility index (Phi) is 9.38. The van der Waals surface area contributed by atoms with Crippen LogP contribution in [0.15, 0.2) is 48.5 Å². The van der Waals surface area contributed by atoms with Gasteiger partial charge in [-0.1, -0.05) is 50.2 Å². The predicted molar refractivity (Wildman–Crippen MR) is 122 cm³/mol. The average molecular weight is 427 g/mol. The highest BCUT2D eigenvalue weighted by Gasteiger charge is 2.23. The molecule has 2 unspecified atom stereocenters. The zero-order valence-electron chi connectivity index (χ0n) is 19.1. The lowest BCUT2D eigenvalue weighted by molar-refractivity contribution is -0.123. The second-order valence-electron chi connectivity index (χ2n) is 7.73. The van der Waals surface area contributed by atoms with Crippen LogP contribution in [0, 0.1) is 5.92 Å². The van der Waals surface area contributed by atoms with Crippen LogP contribution in [0.3, 0.4) is 0 Å². The van der Waals surface area contributed by atoms with E-state index in [1.54, 1.807) is 0 Å². The molecule has 0 aliphatic rings. The van der Waals surface area contributed by atoms with Crippen LogP contribution in [0.25, 0.3) is 0 Å². The first kappa shape index (κ1) is 24.3. The maximum Gasteiger partial charge on any atom is 0.222 e. The van der Waals surface area contributed by atoms with Gasteiger partial charge in [0.2, 0.25) is 11.8 Å². The Morgan fingerprint density at radius 3 is 2.10 bits per heavy atom. The number of hydrogen-bond acceptors (Lipinski definition) is 4. The van der Waals surface area contributed by atoms with Crippen molar-refractivity contribution < 1.29 is 19.1 Å². The maximum absolute atomic E-state index is 13.0. The van der Waals surface area contributed by atoms with Crippen LogP contribution < -0.4 is 20.1 Å². The summed E-state index contributed by atoms with van der Waals surface area (Å²) in [7, 11) is 0. The standard InChI is InChI=1S/C25H34N2O4/c1-6-30-22-14-13-20(15-23(22)31-7-2)25(17(3)4)27-24(29)16-21(26-18(5)28)19-11-9-8-10-12-19/h8-15,17,21,25H,6-7,16H2,1-5H3,(H,26,28)(H,27,29). The van der Waals surface area contributed by atoms with Crippen LogP contribution in [-0.2, 0) is 9.59 Å². The van der Waals surface area contributed by atoms with E-state index in [2.05, 4.69) is 24.5 Å². The molecular formula is C25H34N2O4. The number of carbonyl (C=O) groups is 2. The van der Waals surface area contributed by atoms with E-state index >= 15 is 0 Å². The number of carbonyl (C=O) groups excluding carboxylic acids is 2. The van der Waals surface area contributed by atoms with Gasteiger partial charge in [-0.2, -0.15) is 0 Å². The zero-order valence-corrected chi connectivity index (χ0v) is 19.1. The fourth-order valence-corrected chi connectivity index (χ4v) is 3.50. The largest absolute Gasteiger partial charge is 0.490 e. The monoisotopic (exact) mass is 426 g/mol. The molecule has 0 saturated heterocycles. The summed E-state index contributed by atoms with van der Waals surface area (Å²) in [6, 6.07) is 14.7. The first-order chi connectivity index (χ1) is 14.8. The van der Waals surface area contributed by atoms with Gasteiger partial charge in [-0.25, -0.2) is 0 Å². The Morgan fingerprint density at radius 1 is 0.871 bits per heavy atom. The van der Waals surface area contributed by atoms with E-state index in [1.165, 1.54) is 6.92 Å². The zero-order chi connectivity index (χ0) is 22.8. The van der Waals surface area contributed by atoms with E-state index in [4.69, 9.17) is 9.47 Å². The quantitative estimate of drug-likeness (QED) is 0.552. The van der Waals surface area contributed by atoms with E-state index in [-0.39, 0.29) is 36.2 Å². The van der Waals surface area contributed by atoms with Gasteiger partial charge in [0.25, 0.3) is 0 Å². The van der Waals surface area contributed by atoms with Crippen molar-refractivity contribution in [2.24, 2.45) is 5.92 Å². The van der Waals surface area contributed by atoms with Crippen molar-refractivity contribution in [2.75, 3.05) is 13.2 Å². The number of nitrogens with one attached hydrogen (secondary N) is 2. The molecule has 0 radical (unpaired) electrons. The molecule has 0 aliphatic heterocycles. The summed E-state index contributed by atoms with van der Waals surface area (Å²) < 4.78 is 11.4. The van der Waals surface area contributed by atoms with Gasteiger partial charge in [-0.15, -0.1) is 0 Å². The molecule has 0 aliphatic carbocycles. The smallest absolute Gasteiger partial charge is 0.222 e. The van der Waals surface area contributed by atoms with Crippen molar-refractivity contribution in [3.05, 3.63) is 59.7 Å². The second kappa shape index (κ2) is 12.0. The van der Waals surface area contributed by atoms with Crippen LogP contribution in [0.2, 0.25) is 0 Å². The Bertz CT molecular complexity index is 852. The fraction of sp³-hybridized carbons (Fsp3) is 0.440.